The number of carbonyl (C=O) groups excluding carboxylic acids is 2. The summed E-state index contributed by atoms with van der Waals surface area (Å²) in [5, 5.41) is 0.680. The summed E-state index contributed by atoms with van der Waals surface area (Å²) in [5.74, 6) is 0.0653. The van der Waals surface area contributed by atoms with Gasteiger partial charge < -0.3 is 4.74 Å². The molecule has 0 aliphatic carbocycles. The lowest BCUT2D eigenvalue weighted by molar-refractivity contribution is -0.138. The fraction of sp³-hybridized carbons (Fsp3) is 0.200. The molecule has 0 radical (unpaired) electrons. The van der Waals surface area contributed by atoms with Gasteiger partial charge in [-0.25, -0.2) is 0 Å². The number of halogens is 1. The Kier molecular flexibility index (Phi) is 4.39. The van der Waals surface area contributed by atoms with Crippen LogP contribution in [0.5, 0.6) is 0 Å². The average molecular weight is 356 g/mol. The first kappa shape index (κ1) is 17.2. The second-order valence-electron chi connectivity index (χ2n) is 6.75. The van der Waals surface area contributed by atoms with Crippen molar-refractivity contribution in [2.24, 2.45) is 0 Å². The topological polar surface area (TPSA) is 46.6 Å². The number of anilines is 2. The summed E-state index contributed by atoms with van der Waals surface area (Å²) in [6.07, 6.45) is 1.91. The zero-order valence-corrected chi connectivity index (χ0v) is 15.0. The van der Waals surface area contributed by atoms with E-state index in [0.717, 1.165) is 28.1 Å². The highest BCUT2D eigenvalue weighted by molar-refractivity contribution is 6.45. The van der Waals surface area contributed by atoms with Crippen molar-refractivity contribution in [3.63, 3.8) is 0 Å². The molecule has 0 fully saturated rings. The van der Waals surface area contributed by atoms with Gasteiger partial charge in [-0.1, -0.05) is 29.8 Å². The molecular weight excluding hydrogens is 338 g/mol. The van der Waals surface area contributed by atoms with Crippen LogP contribution >= 0.6 is 11.6 Å². The molecule has 0 spiro atoms. The molecule has 1 amide bonds. The average Bonchev–Trinajstić information content (AvgIpc) is 2.97. The van der Waals surface area contributed by atoms with E-state index in [1.54, 1.807) is 4.90 Å². The van der Waals surface area contributed by atoms with Gasteiger partial charge >= 0.3 is 0 Å². The lowest BCUT2D eigenvalue weighted by Crippen LogP contribution is -2.22. The van der Waals surface area contributed by atoms with E-state index >= 15 is 0 Å². The van der Waals surface area contributed by atoms with E-state index in [1.807, 2.05) is 69.3 Å². The number of carbonyl (C=O) groups is 2. The zero-order chi connectivity index (χ0) is 18.2. The van der Waals surface area contributed by atoms with Crippen LogP contribution in [0.1, 0.15) is 31.9 Å². The summed E-state index contributed by atoms with van der Waals surface area (Å²) in [4.78, 5) is 23.5. The third kappa shape index (κ3) is 3.30. The minimum Gasteiger partial charge on any atom is -0.462 e. The van der Waals surface area contributed by atoms with Crippen LogP contribution in [0.4, 0.5) is 11.4 Å². The van der Waals surface area contributed by atoms with Gasteiger partial charge in [0.25, 0.3) is 12.4 Å². The fourth-order valence-corrected chi connectivity index (χ4v) is 2.94. The van der Waals surface area contributed by atoms with E-state index in [-0.39, 0.29) is 11.5 Å². The van der Waals surface area contributed by atoms with Gasteiger partial charge in [-0.15, -0.1) is 0 Å². The van der Waals surface area contributed by atoms with E-state index in [2.05, 4.69) is 4.74 Å². The van der Waals surface area contributed by atoms with Gasteiger partial charge in [-0.2, -0.15) is 0 Å². The maximum Gasteiger partial charge on any atom is 0.293 e. The largest absolute Gasteiger partial charge is 0.462 e. The number of amides is 1. The van der Waals surface area contributed by atoms with Crippen molar-refractivity contribution in [1.29, 1.82) is 0 Å². The number of benzene rings is 2. The highest BCUT2D eigenvalue weighted by atomic mass is 35.5. The van der Waals surface area contributed by atoms with Gasteiger partial charge in [-0.3, -0.25) is 14.5 Å². The highest BCUT2D eigenvalue weighted by Gasteiger charge is 2.45. The number of hydrogen-bond acceptors (Lipinski definition) is 3. The van der Waals surface area contributed by atoms with Crippen molar-refractivity contribution < 1.29 is 14.3 Å². The normalized spacial score (nSPS) is 15.4. The summed E-state index contributed by atoms with van der Waals surface area (Å²) in [5.41, 5.74) is 4.51. The van der Waals surface area contributed by atoms with Gasteiger partial charge in [0.2, 0.25) is 0 Å². The molecule has 2 aromatic carbocycles. The maximum atomic E-state index is 12.2. The summed E-state index contributed by atoms with van der Waals surface area (Å²) in [6, 6.07) is 13.4. The van der Waals surface area contributed by atoms with E-state index in [1.165, 1.54) is 0 Å². The Morgan fingerprint density at radius 2 is 1.72 bits per heavy atom. The van der Waals surface area contributed by atoms with Crippen LogP contribution in [-0.2, 0) is 14.3 Å². The molecule has 0 atom stereocenters. The molecule has 25 heavy (non-hydrogen) atoms. The molecule has 2 aromatic rings. The molecule has 3 aliphatic heterocycles. The van der Waals surface area contributed by atoms with Crippen LogP contribution in [0.2, 0.25) is 5.02 Å². The van der Waals surface area contributed by atoms with Crippen molar-refractivity contribution in [2.45, 2.75) is 26.4 Å². The standard InChI is InChI=1S/C15H8ClNO.C5H10O2/c16-10-4-1-3-9(7-10)8-11-14-12-5-2-6-13(14)17(12)15(11)18;1-5(2,3)7-4-6/h1-8H;4H,1-3H3. The lowest BCUT2D eigenvalue weighted by Gasteiger charge is -2.25. The molecular formula is C20H18ClNO3. The Hall–Kier alpha value is -2.59. The lowest BCUT2D eigenvalue weighted by atomic mass is 10.0. The quantitative estimate of drug-likeness (QED) is 0.572. The summed E-state index contributed by atoms with van der Waals surface area (Å²) in [7, 11) is 0. The number of hydrogen-bond donors (Lipinski definition) is 0. The number of fused-ring (bicyclic) bond motifs is 1. The van der Waals surface area contributed by atoms with Crippen molar-refractivity contribution in [3.05, 3.63) is 58.6 Å². The first-order valence-electron chi connectivity index (χ1n) is 7.88. The van der Waals surface area contributed by atoms with Crippen molar-refractivity contribution in [1.82, 2.24) is 0 Å². The Labute approximate surface area is 151 Å². The van der Waals surface area contributed by atoms with Crippen LogP contribution in [0.15, 0.2) is 42.5 Å². The highest BCUT2D eigenvalue weighted by Crippen LogP contribution is 2.56. The van der Waals surface area contributed by atoms with Crippen molar-refractivity contribution in [3.8, 4) is 0 Å². The number of rotatable bonds is 2. The van der Waals surface area contributed by atoms with Gasteiger partial charge in [0, 0.05) is 10.6 Å². The molecule has 4 nitrogen and oxygen atoms in total. The summed E-state index contributed by atoms with van der Waals surface area (Å²) in [6.45, 7) is 5.92. The van der Waals surface area contributed by atoms with Crippen LogP contribution in [0.3, 0.4) is 0 Å². The second kappa shape index (κ2) is 6.37. The summed E-state index contributed by atoms with van der Waals surface area (Å²) >= 11 is 5.95. The molecule has 128 valence electrons. The molecule has 4 bridgehead atoms. The Bertz CT molecular complexity index is 859. The molecule has 5 heteroatoms. The number of nitrogens with zero attached hydrogens (tertiary/aromatic N) is 1. The minimum absolute atomic E-state index is 0.0653. The first-order valence-corrected chi connectivity index (χ1v) is 8.26. The zero-order valence-electron chi connectivity index (χ0n) is 14.2. The number of ether oxygens (including phenoxy) is 1. The first-order chi connectivity index (χ1) is 11.8. The van der Waals surface area contributed by atoms with Crippen LogP contribution in [-0.4, -0.2) is 18.0 Å². The minimum atomic E-state index is -0.318. The summed E-state index contributed by atoms with van der Waals surface area (Å²) < 4.78 is 4.55. The predicted octanol–water partition coefficient (Wildman–Crippen LogP) is 4.83. The second-order valence-corrected chi connectivity index (χ2v) is 7.19. The van der Waals surface area contributed by atoms with Crippen LogP contribution < -0.4 is 4.90 Å². The van der Waals surface area contributed by atoms with Gasteiger partial charge in [0.15, 0.2) is 0 Å². The molecule has 5 rings (SSSR count). The van der Waals surface area contributed by atoms with Crippen molar-refractivity contribution >= 4 is 47.0 Å². The molecule has 0 unspecified atom stereocenters. The van der Waals surface area contributed by atoms with Crippen LogP contribution in [0, 0.1) is 0 Å². The maximum absolute atomic E-state index is 12.2. The third-order valence-electron chi connectivity index (χ3n) is 3.77. The van der Waals surface area contributed by atoms with Gasteiger partial charge in [-0.05, 0) is 56.7 Å². The fourth-order valence-electron chi connectivity index (χ4n) is 2.74. The monoisotopic (exact) mass is 355 g/mol. The van der Waals surface area contributed by atoms with Gasteiger partial charge in [0.1, 0.15) is 5.60 Å². The van der Waals surface area contributed by atoms with E-state index in [4.69, 9.17) is 11.6 Å². The molecule has 3 aliphatic rings. The Morgan fingerprint density at radius 1 is 1.08 bits per heavy atom. The molecule has 0 aromatic heterocycles. The predicted molar refractivity (Wildman–Crippen MR) is 99.8 cm³/mol. The van der Waals surface area contributed by atoms with E-state index in [9.17, 15) is 9.59 Å². The van der Waals surface area contributed by atoms with Crippen molar-refractivity contribution in [2.75, 3.05) is 4.90 Å². The Balaban J connectivity index is 0.000000225. The Morgan fingerprint density at radius 3 is 2.20 bits per heavy atom. The third-order valence-corrected chi connectivity index (χ3v) is 4.00. The molecule has 3 heterocycles. The van der Waals surface area contributed by atoms with Gasteiger partial charge in [0.05, 0.1) is 16.9 Å². The smallest absolute Gasteiger partial charge is 0.293 e. The molecule has 0 N–H and O–H groups in total. The molecule has 0 saturated heterocycles. The van der Waals surface area contributed by atoms with E-state index < -0.39 is 0 Å². The molecule has 0 saturated carbocycles. The van der Waals surface area contributed by atoms with Crippen LogP contribution in [0.25, 0.3) is 11.6 Å². The van der Waals surface area contributed by atoms with E-state index in [0.29, 0.717) is 11.5 Å². The SMILES string of the molecule is CC(C)(C)OC=O.O=C1C(=Cc2cccc(Cl)c2)c2c3cccc2N13.